The second-order valence-corrected chi connectivity index (χ2v) is 5.64. The number of aryl methyl sites for hydroxylation is 1. The second-order valence-electron chi connectivity index (χ2n) is 5.64. The monoisotopic (exact) mass is 233 g/mol. The highest BCUT2D eigenvalue weighted by Gasteiger charge is 2.33. The average molecular weight is 233 g/mol. The minimum Gasteiger partial charge on any atom is -0.314 e. The molecular weight excluding hydrogens is 213 g/mol. The van der Waals surface area contributed by atoms with Crippen molar-refractivity contribution in [1.82, 2.24) is 5.32 Å². The van der Waals surface area contributed by atoms with Crippen LogP contribution in [0.4, 0.5) is 4.39 Å². The fourth-order valence-corrected chi connectivity index (χ4v) is 2.76. The van der Waals surface area contributed by atoms with E-state index in [9.17, 15) is 4.39 Å². The normalized spacial score (nSPS) is 27.9. The smallest absolute Gasteiger partial charge is 0.126 e. The molecule has 0 spiro atoms. The maximum absolute atomic E-state index is 13.2. The highest BCUT2D eigenvalue weighted by atomic mass is 19.1. The van der Waals surface area contributed by atoms with Gasteiger partial charge in [0.05, 0.1) is 0 Å². The summed E-state index contributed by atoms with van der Waals surface area (Å²) in [7, 11) is 0. The third kappa shape index (κ3) is 2.37. The molecule has 2 atom stereocenters. The van der Waals surface area contributed by atoms with Crippen molar-refractivity contribution in [1.29, 1.82) is 0 Å². The standard InChI is InChI=1S/C15H20FN/c1-10-8-11(3-7-15(10)16)14-6-2-12(14)9-17-13-4-5-13/h3,7-8,12-14,17H,2,4-6,9H2,1H3. The van der Waals surface area contributed by atoms with Crippen LogP contribution in [0, 0.1) is 18.7 Å². The molecule has 3 rings (SSSR count). The predicted octanol–water partition coefficient (Wildman–Crippen LogP) is 3.38. The molecule has 0 aliphatic heterocycles. The number of nitrogens with one attached hydrogen (secondary N) is 1. The lowest BCUT2D eigenvalue weighted by atomic mass is 9.70. The third-order valence-electron chi connectivity index (χ3n) is 4.27. The van der Waals surface area contributed by atoms with Gasteiger partial charge in [-0.05, 0) is 68.2 Å². The highest BCUT2D eigenvalue weighted by Crippen LogP contribution is 2.42. The largest absolute Gasteiger partial charge is 0.314 e. The van der Waals surface area contributed by atoms with Crippen LogP contribution in [0.5, 0.6) is 0 Å². The molecule has 0 heterocycles. The number of halogens is 1. The van der Waals surface area contributed by atoms with Crippen molar-refractivity contribution < 1.29 is 4.39 Å². The summed E-state index contributed by atoms with van der Waals surface area (Å²) in [4.78, 5) is 0. The molecule has 2 saturated carbocycles. The van der Waals surface area contributed by atoms with Crippen LogP contribution in [0.3, 0.4) is 0 Å². The van der Waals surface area contributed by atoms with Crippen LogP contribution < -0.4 is 5.32 Å². The van der Waals surface area contributed by atoms with E-state index in [0.717, 1.165) is 24.1 Å². The molecule has 1 N–H and O–H groups in total. The first-order valence-electron chi connectivity index (χ1n) is 6.73. The van der Waals surface area contributed by atoms with Gasteiger partial charge in [-0.3, -0.25) is 0 Å². The van der Waals surface area contributed by atoms with Crippen LogP contribution in [0.25, 0.3) is 0 Å². The minimum absolute atomic E-state index is 0.0827. The zero-order chi connectivity index (χ0) is 11.8. The van der Waals surface area contributed by atoms with Crippen molar-refractivity contribution in [3.05, 3.63) is 35.1 Å². The molecule has 0 radical (unpaired) electrons. The van der Waals surface area contributed by atoms with Gasteiger partial charge in [0.1, 0.15) is 5.82 Å². The SMILES string of the molecule is Cc1cc(C2CCC2CNC2CC2)ccc1F. The maximum atomic E-state index is 13.2. The van der Waals surface area contributed by atoms with Gasteiger partial charge in [-0.1, -0.05) is 12.1 Å². The Morgan fingerprint density at radius 1 is 1.24 bits per heavy atom. The molecule has 0 bridgehead atoms. The van der Waals surface area contributed by atoms with Crippen molar-refractivity contribution >= 4 is 0 Å². The Hall–Kier alpha value is -0.890. The van der Waals surface area contributed by atoms with E-state index in [1.807, 2.05) is 19.1 Å². The van der Waals surface area contributed by atoms with Crippen LogP contribution in [-0.4, -0.2) is 12.6 Å². The fraction of sp³-hybridized carbons (Fsp3) is 0.600. The van der Waals surface area contributed by atoms with Gasteiger partial charge >= 0.3 is 0 Å². The molecule has 1 aromatic carbocycles. The quantitative estimate of drug-likeness (QED) is 0.840. The molecule has 92 valence electrons. The number of hydrogen-bond acceptors (Lipinski definition) is 1. The van der Waals surface area contributed by atoms with Crippen molar-refractivity contribution in [3.63, 3.8) is 0 Å². The van der Waals surface area contributed by atoms with E-state index >= 15 is 0 Å². The Bertz CT molecular complexity index is 411. The number of hydrogen-bond donors (Lipinski definition) is 1. The van der Waals surface area contributed by atoms with Crippen molar-refractivity contribution in [2.24, 2.45) is 5.92 Å². The first-order valence-corrected chi connectivity index (χ1v) is 6.73. The van der Waals surface area contributed by atoms with E-state index in [0.29, 0.717) is 5.92 Å². The Balaban J connectivity index is 1.64. The zero-order valence-corrected chi connectivity index (χ0v) is 10.4. The van der Waals surface area contributed by atoms with Crippen LogP contribution in [0.2, 0.25) is 0 Å². The lowest BCUT2D eigenvalue weighted by Crippen LogP contribution is -2.34. The van der Waals surface area contributed by atoms with Gasteiger partial charge in [0.25, 0.3) is 0 Å². The molecule has 2 fully saturated rings. The average Bonchev–Trinajstić information content (AvgIpc) is 3.06. The highest BCUT2D eigenvalue weighted by molar-refractivity contribution is 5.29. The van der Waals surface area contributed by atoms with Gasteiger partial charge in [-0.2, -0.15) is 0 Å². The van der Waals surface area contributed by atoms with E-state index in [-0.39, 0.29) is 5.82 Å². The van der Waals surface area contributed by atoms with E-state index < -0.39 is 0 Å². The first-order chi connectivity index (χ1) is 8.24. The van der Waals surface area contributed by atoms with E-state index in [4.69, 9.17) is 0 Å². The molecule has 0 amide bonds. The maximum Gasteiger partial charge on any atom is 0.126 e. The summed E-state index contributed by atoms with van der Waals surface area (Å²) in [5.41, 5.74) is 2.11. The Morgan fingerprint density at radius 2 is 2.06 bits per heavy atom. The molecular formula is C15H20FN. The summed E-state index contributed by atoms with van der Waals surface area (Å²) in [5.74, 6) is 1.33. The van der Waals surface area contributed by atoms with Gasteiger partial charge in [0, 0.05) is 6.04 Å². The van der Waals surface area contributed by atoms with Crippen molar-refractivity contribution in [2.45, 2.75) is 44.6 Å². The molecule has 2 aliphatic rings. The summed E-state index contributed by atoms with van der Waals surface area (Å²) in [6.07, 6.45) is 5.29. The molecule has 1 aromatic rings. The molecule has 17 heavy (non-hydrogen) atoms. The van der Waals surface area contributed by atoms with E-state index in [1.54, 1.807) is 6.07 Å². The zero-order valence-electron chi connectivity index (χ0n) is 10.4. The first kappa shape index (κ1) is 11.2. The third-order valence-corrected chi connectivity index (χ3v) is 4.27. The van der Waals surface area contributed by atoms with Gasteiger partial charge < -0.3 is 5.32 Å². The topological polar surface area (TPSA) is 12.0 Å². The summed E-state index contributed by atoms with van der Waals surface area (Å²) < 4.78 is 13.2. The lowest BCUT2D eigenvalue weighted by Gasteiger charge is -2.37. The minimum atomic E-state index is -0.0827. The molecule has 2 unspecified atom stereocenters. The number of rotatable bonds is 4. The van der Waals surface area contributed by atoms with Gasteiger partial charge in [-0.25, -0.2) is 4.39 Å². The van der Waals surface area contributed by atoms with Crippen LogP contribution in [0.15, 0.2) is 18.2 Å². The van der Waals surface area contributed by atoms with E-state index in [1.165, 1.54) is 31.2 Å². The predicted molar refractivity (Wildman–Crippen MR) is 67.6 cm³/mol. The van der Waals surface area contributed by atoms with Gasteiger partial charge in [-0.15, -0.1) is 0 Å². The Labute approximate surface area is 102 Å². The summed E-state index contributed by atoms with van der Waals surface area (Å²) in [5, 5.41) is 3.61. The molecule has 0 aromatic heterocycles. The molecule has 2 aliphatic carbocycles. The number of benzene rings is 1. The molecule has 1 nitrogen and oxygen atoms in total. The van der Waals surface area contributed by atoms with Crippen LogP contribution >= 0.6 is 0 Å². The fourth-order valence-electron chi connectivity index (χ4n) is 2.76. The second kappa shape index (κ2) is 4.41. The summed E-state index contributed by atoms with van der Waals surface area (Å²) >= 11 is 0. The summed E-state index contributed by atoms with van der Waals surface area (Å²) in [6, 6.07) is 6.42. The summed E-state index contributed by atoms with van der Waals surface area (Å²) in [6.45, 7) is 3.00. The van der Waals surface area contributed by atoms with Gasteiger partial charge in [0.2, 0.25) is 0 Å². The Morgan fingerprint density at radius 3 is 2.65 bits per heavy atom. The van der Waals surface area contributed by atoms with Crippen LogP contribution in [0.1, 0.15) is 42.7 Å². The molecule has 0 saturated heterocycles. The Kier molecular flexibility index (Phi) is 2.91. The lowest BCUT2D eigenvalue weighted by molar-refractivity contribution is 0.245. The molecule has 2 heteroatoms. The van der Waals surface area contributed by atoms with Crippen molar-refractivity contribution in [2.75, 3.05) is 6.54 Å². The van der Waals surface area contributed by atoms with Crippen molar-refractivity contribution in [3.8, 4) is 0 Å². The van der Waals surface area contributed by atoms with E-state index in [2.05, 4.69) is 5.32 Å². The van der Waals surface area contributed by atoms with Crippen LogP contribution in [-0.2, 0) is 0 Å². The van der Waals surface area contributed by atoms with Gasteiger partial charge in [0.15, 0.2) is 0 Å².